The van der Waals surface area contributed by atoms with Gasteiger partial charge in [0, 0.05) is 44.5 Å². The maximum Gasteiger partial charge on any atom is 0.252 e. The zero-order valence-electron chi connectivity index (χ0n) is 18.8. The molecule has 2 amide bonds. The van der Waals surface area contributed by atoms with E-state index in [-0.39, 0.29) is 30.1 Å². The van der Waals surface area contributed by atoms with Crippen LogP contribution in [0.2, 0.25) is 0 Å². The van der Waals surface area contributed by atoms with E-state index >= 15 is 0 Å². The molecular formula is C24H32N4O4. The average Bonchev–Trinajstić information content (AvgIpc) is 3.37. The van der Waals surface area contributed by atoms with E-state index in [0.717, 1.165) is 30.7 Å². The van der Waals surface area contributed by atoms with E-state index in [4.69, 9.17) is 9.47 Å². The fourth-order valence-electron chi connectivity index (χ4n) is 4.33. The van der Waals surface area contributed by atoms with E-state index in [0.29, 0.717) is 38.3 Å². The van der Waals surface area contributed by atoms with Crippen LogP contribution in [-0.2, 0) is 21.3 Å². The van der Waals surface area contributed by atoms with Crippen LogP contribution >= 0.6 is 0 Å². The number of carbonyl (C=O) groups is 2. The van der Waals surface area contributed by atoms with Crippen LogP contribution < -0.4 is 5.32 Å². The summed E-state index contributed by atoms with van der Waals surface area (Å²) in [6.45, 7) is 3.95. The van der Waals surface area contributed by atoms with E-state index in [1.54, 1.807) is 12.3 Å². The summed E-state index contributed by atoms with van der Waals surface area (Å²) in [6, 6.07) is 7.19. The molecule has 2 fully saturated rings. The number of carbonyl (C=O) groups excluding carboxylic acids is 2. The lowest BCUT2D eigenvalue weighted by atomic mass is 10.1. The van der Waals surface area contributed by atoms with Gasteiger partial charge in [0.1, 0.15) is 18.0 Å². The molecule has 0 spiro atoms. The summed E-state index contributed by atoms with van der Waals surface area (Å²) < 4.78 is 14.0. The van der Waals surface area contributed by atoms with Crippen molar-refractivity contribution < 1.29 is 19.1 Å². The zero-order chi connectivity index (χ0) is 22.5. The largest absolute Gasteiger partial charge is 0.371 e. The van der Waals surface area contributed by atoms with E-state index in [1.165, 1.54) is 0 Å². The van der Waals surface area contributed by atoms with Crippen LogP contribution in [0.5, 0.6) is 0 Å². The molecule has 0 unspecified atom stereocenters. The number of hydrogen-bond donors (Lipinski definition) is 1. The third-order valence-electron chi connectivity index (χ3n) is 6.15. The summed E-state index contributed by atoms with van der Waals surface area (Å²) >= 11 is 0. The predicted molar refractivity (Wildman–Crippen MR) is 120 cm³/mol. The second-order valence-electron chi connectivity index (χ2n) is 8.58. The first-order valence-electron chi connectivity index (χ1n) is 11.5. The minimum atomic E-state index is -0.253. The number of imidazole rings is 1. The van der Waals surface area contributed by atoms with Gasteiger partial charge >= 0.3 is 0 Å². The Morgan fingerprint density at radius 3 is 2.50 bits per heavy atom. The van der Waals surface area contributed by atoms with Crippen LogP contribution in [0.3, 0.4) is 0 Å². The number of likely N-dealkylation sites (tertiary alicyclic amines) is 1. The third-order valence-corrected chi connectivity index (χ3v) is 6.15. The Balaban J connectivity index is 1.34. The highest BCUT2D eigenvalue weighted by atomic mass is 16.6. The Morgan fingerprint density at radius 2 is 1.84 bits per heavy atom. The van der Waals surface area contributed by atoms with Crippen molar-refractivity contribution >= 4 is 11.8 Å². The first-order valence-corrected chi connectivity index (χ1v) is 11.5. The lowest BCUT2D eigenvalue weighted by Gasteiger charge is -2.20. The molecule has 0 aliphatic carbocycles. The Hall–Kier alpha value is -2.71. The molecule has 8 heteroatoms. The van der Waals surface area contributed by atoms with Crippen molar-refractivity contribution in [1.82, 2.24) is 19.8 Å². The molecule has 2 saturated heterocycles. The third kappa shape index (κ3) is 5.02. The van der Waals surface area contributed by atoms with Crippen molar-refractivity contribution in [1.29, 1.82) is 0 Å². The molecule has 2 aromatic rings. The summed E-state index contributed by atoms with van der Waals surface area (Å²) in [6.07, 6.45) is 6.96. The molecule has 0 radical (unpaired) electrons. The molecular weight excluding hydrogens is 408 g/mol. The lowest BCUT2D eigenvalue weighted by molar-refractivity contribution is -0.131. The highest BCUT2D eigenvalue weighted by Crippen LogP contribution is 2.23. The second-order valence-corrected chi connectivity index (χ2v) is 8.58. The Kier molecular flexibility index (Phi) is 7.22. The molecule has 172 valence electrons. The minimum Gasteiger partial charge on any atom is -0.371 e. The molecule has 4 rings (SSSR count). The second kappa shape index (κ2) is 10.3. The van der Waals surface area contributed by atoms with Gasteiger partial charge in [0.15, 0.2) is 0 Å². The Labute approximate surface area is 188 Å². The number of rotatable bonds is 7. The Morgan fingerprint density at radius 1 is 1.12 bits per heavy atom. The van der Waals surface area contributed by atoms with Crippen LogP contribution in [0.15, 0.2) is 36.7 Å². The van der Waals surface area contributed by atoms with Crippen LogP contribution in [0.4, 0.5) is 0 Å². The number of aromatic nitrogens is 2. The van der Waals surface area contributed by atoms with Gasteiger partial charge in [0.05, 0.1) is 24.8 Å². The highest BCUT2D eigenvalue weighted by Gasteiger charge is 2.39. The number of nitrogens with zero attached hydrogens (tertiary/aromatic N) is 3. The molecule has 1 N–H and O–H groups in total. The number of fused-ring (bicyclic) bond motifs is 1. The van der Waals surface area contributed by atoms with Crippen molar-refractivity contribution in [3.05, 3.63) is 42.2 Å². The first-order chi connectivity index (χ1) is 15.6. The number of nitrogens with one attached hydrogen (secondary N) is 1. The van der Waals surface area contributed by atoms with Gasteiger partial charge in [0.25, 0.3) is 5.91 Å². The number of aryl methyl sites for hydroxylation is 1. The highest BCUT2D eigenvalue weighted by molar-refractivity contribution is 6.00. The number of benzene rings is 1. The molecule has 3 heterocycles. The summed E-state index contributed by atoms with van der Waals surface area (Å²) in [7, 11) is 1.90. The fraction of sp³-hybridized carbons (Fsp3) is 0.542. The van der Waals surface area contributed by atoms with Crippen LogP contribution in [0.1, 0.15) is 43.0 Å². The maximum atomic E-state index is 13.1. The van der Waals surface area contributed by atoms with Gasteiger partial charge in [-0.2, -0.15) is 0 Å². The normalized spacial score (nSPS) is 21.2. The molecule has 0 saturated carbocycles. The van der Waals surface area contributed by atoms with Crippen LogP contribution in [-0.4, -0.2) is 70.8 Å². The fourth-order valence-corrected chi connectivity index (χ4v) is 4.33. The number of unbranched alkanes of at least 4 members (excludes halogenated alkanes) is 2. The topological polar surface area (TPSA) is 85.7 Å². The summed E-state index contributed by atoms with van der Waals surface area (Å²) in [5, 5.41) is 3.05. The van der Waals surface area contributed by atoms with E-state index in [1.807, 2.05) is 40.9 Å². The smallest absolute Gasteiger partial charge is 0.252 e. The van der Waals surface area contributed by atoms with E-state index < -0.39 is 0 Å². The van der Waals surface area contributed by atoms with Crippen molar-refractivity contribution in [2.24, 2.45) is 7.05 Å². The first kappa shape index (κ1) is 22.5. The molecule has 2 atom stereocenters. The van der Waals surface area contributed by atoms with E-state index in [9.17, 15) is 9.59 Å². The molecule has 32 heavy (non-hydrogen) atoms. The summed E-state index contributed by atoms with van der Waals surface area (Å²) in [5.41, 5.74) is 1.34. The van der Waals surface area contributed by atoms with Gasteiger partial charge in [-0.1, -0.05) is 38.0 Å². The van der Waals surface area contributed by atoms with Gasteiger partial charge in [-0.15, -0.1) is 0 Å². The van der Waals surface area contributed by atoms with Gasteiger partial charge < -0.3 is 24.3 Å². The van der Waals surface area contributed by atoms with Crippen molar-refractivity contribution in [3.63, 3.8) is 0 Å². The lowest BCUT2D eigenvalue weighted by Crippen LogP contribution is -2.41. The average molecular weight is 441 g/mol. The molecule has 1 aromatic heterocycles. The predicted octanol–water partition coefficient (Wildman–Crippen LogP) is 2.39. The molecule has 1 aromatic carbocycles. The maximum absolute atomic E-state index is 13.1. The number of ether oxygens (including phenoxy) is 2. The summed E-state index contributed by atoms with van der Waals surface area (Å²) in [4.78, 5) is 31.7. The van der Waals surface area contributed by atoms with Gasteiger partial charge in [-0.25, -0.2) is 4.98 Å². The zero-order valence-corrected chi connectivity index (χ0v) is 18.8. The number of hydrogen-bond acceptors (Lipinski definition) is 5. The standard InChI is InChI=1S/C24H32N4O4/c1-3-4-5-10-22(29)28-13-20-21(14-28)32-16-17(15-31-20)26-24(30)19-9-7-6-8-18(19)23-25-11-12-27(23)2/h6-9,11-12,17,20-21H,3-5,10,13-16H2,1-2H3,(H,26,30)/t20-,21-/m0/s1. The van der Waals surface area contributed by atoms with Crippen molar-refractivity contribution in [2.45, 2.75) is 50.9 Å². The molecule has 0 bridgehead atoms. The SMILES string of the molecule is CCCCCC(=O)N1C[C@@H]2OCC(NC(=O)c3ccccc3-c3nccn3C)CO[C@H]2C1. The van der Waals surface area contributed by atoms with E-state index in [2.05, 4.69) is 17.2 Å². The van der Waals surface area contributed by atoms with Gasteiger partial charge in [-0.3, -0.25) is 9.59 Å². The molecule has 2 aliphatic heterocycles. The summed E-state index contributed by atoms with van der Waals surface area (Å²) in [5.74, 6) is 0.734. The quantitative estimate of drug-likeness (QED) is 0.669. The molecule has 2 aliphatic rings. The number of amides is 2. The van der Waals surface area contributed by atoms with Crippen LogP contribution in [0, 0.1) is 0 Å². The van der Waals surface area contributed by atoms with Crippen molar-refractivity contribution in [3.8, 4) is 11.4 Å². The van der Waals surface area contributed by atoms with Crippen LogP contribution in [0.25, 0.3) is 11.4 Å². The monoisotopic (exact) mass is 440 g/mol. The molecule has 8 nitrogen and oxygen atoms in total. The van der Waals surface area contributed by atoms with Gasteiger partial charge in [0.2, 0.25) is 5.91 Å². The minimum absolute atomic E-state index is 0.146. The Bertz CT molecular complexity index is 928. The van der Waals surface area contributed by atoms with Crippen molar-refractivity contribution in [2.75, 3.05) is 26.3 Å². The van der Waals surface area contributed by atoms with Gasteiger partial charge in [-0.05, 0) is 12.5 Å².